The van der Waals surface area contributed by atoms with Crippen molar-refractivity contribution in [1.29, 1.82) is 0 Å². The van der Waals surface area contributed by atoms with Crippen molar-refractivity contribution >= 4 is 21.5 Å². The Bertz CT molecular complexity index is 1010. The summed E-state index contributed by atoms with van der Waals surface area (Å²) in [6.45, 7) is 0. The van der Waals surface area contributed by atoms with Gasteiger partial charge in [-0.15, -0.1) is 0 Å². The van der Waals surface area contributed by atoms with Gasteiger partial charge in [-0.25, -0.2) is 0 Å². The van der Waals surface area contributed by atoms with Crippen LogP contribution in [0.3, 0.4) is 0 Å². The summed E-state index contributed by atoms with van der Waals surface area (Å²) < 4.78 is 0. The Labute approximate surface area is 123 Å². The normalized spacial score (nSPS) is 12.6. The minimum Gasteiger partial charge on any atom is -0.0619 e. The number of fused-ring (bicyclic) bond motifs is 6. The summed E-state index contributed by atoms with van der Waals surface area (Å²) in [5, 5.41) is 5.38. The standard InChI is InChI=1S/C21H14/c1-3-7-18-14(5-1)9-10-16-12-17-11-15-6-2-4-8-19(15)21(17)13-20(16)18/h1-10,12-13H,11H2. The minimum absolute atomic E-state index is 1.06. The van der Waals surface area contributed by atoms with Gasteiger partial charge in [0.1, 0.15) is 0 Å². The Morgan fingerprint density at radius 1 is 0.524 bits per heavy atom. The van der Waals surface area contributed by atoms with Gasteiger partial charge in [-0.2, -0.15) is 0 Å². The highest BCUT2D eigenvalue weighted by atomic mass is 14.2. The van der Waals surface area contributed by atoms with Crippen LogP contribution in [0.4, 0.5) is 0 Å². The number of benzene rings is 4. The molecule has 0 aliphatic heterocycles. The molecule has 0 radical (unpaired) electrons. The van der Waals surface area contributed by atoms with E-state index < -0.39 is 0 Å². The lowest BCUT2D eigenvalue weighted by Crippen LogP contribution is -1.83. The van der Waals surface area contributed by atoms with Crippen LogP contribution < -0.4 is 0 Å². The molecule has 0 nitrogen and oxygen atoms in total. The monoisotopic (exact) mass is 266 g/mol. The van der Waals surface area contributed by atoms with E-state index in [1.54, 1.807) is 0 Å². The smallest absolute Gasteiger partial charge is 0.00132 e. The summed E-state index contributed by atoms with van der Waals surface area (Å²) in [6, 6.07) is 26.7. The SMILES string of the molecule is c1ccc2c(c1)Cc1cc3ccc4ccccc4c3cc1-2. The quantitative estimate of drug-likeness (QED) is 0.322. The highest BCUT2D eigenvalue weighted by Crippen LogP contribution is 2.40. The van der Waals surface area contributed by atoms with Gasteiger partial charge in [0, 0.05) is 0 Å². The van der Waals surface area contributed by atoms with Gasteiger partial charge in [-0.3, -0.25) is 0 Å². The van der Waals surface area contributed by atoms with Crippen molar-refractivity contribution in [2.24, 2.45) is 0 Å². The van der Waals surface area contributed by atoms with E-state index in [1.165, 1.54) is 43.8 Å². The lowest BCUT2D eigenvalue weighted by atomic mass is 9.96. The summed E-state index contributed by atoms with van der Waals surface area (Å²) in [7, 11) is 0. The molecule has 0 saturated heterocycles. The maximum absolute atomic E-state index is 2.39. The second-order valence-corrected chi connectivity index (χ2v) is 5.85. The van der Waals surface area contributed by atoms with Gasteiger partial charge in [0.05, 0.1) is 0 Å². The minimum atomic E-state index is 1.06. The first kappa shape index (κ1) is 11.1. The lowest BCUT2D eigenvalue weighted by Gasteiger charge is -2.08. The van der Waals surface area contributed by atoms with Gasteiger partial charge in [0.25, 0.3) is 0 Å². The largest absolute Gasteiger partial charge is 0.0619 e. The van der Waals surface area contributed by atoms with Crippen LogP contribution >= 0.6 is 0 Å². The summed E-state index contributed by atoms with van der Waals surface area (Å²) in [5.74, 6) is 0. The first-order chi connectivity index (χ1) is 10.4. The second-order valence-electron chi connectivity index (χ2n) is 5.85. The van der Waals surface area contributed by atoms with Gasteiger partial charge in [0.15, 0.2) is 0 Å². The summed E-state index contributed by atoms with van der Waals surface area (Å²) >= 11 is 0. The van der Waals surface area contributed by atoms with Gasteiger partial charge >= 0.3 is 0 Å². The molecule has 4 aromatic rings. The van der Waals surface area contributed by atoms with Crippen LogP contribution in [0.1, 0.15) is 11.1 Å². The topological polar surface area (TPSA) is 0 Å². The fraction of sp³-hybridized carbons (Fsp3) is 0.0476. The number of hydrogen-bond acceptors (Lipinski definition) is 0. The molecule has 0 bridgehead atoms. The van der Waals surface area contributed by atoms with E-state index in [2.05, 4.69) is 72.8 Å². The van der Waals surface area contributed by atoms with Crippen molar-refractivity contribution in [1.82, 2.24) is 0 Å². The van der Waals surface area contributed by atoms with Crippen molar-refractivity contribution in [3.63, 3.8) is 0 Å². The van der Waals surface area contributed by atoms with E-state index in [1.807, 2.05) is 0 Å². The van der Waals surface area contributed by atoms with Gasteiger partial charge in [-0.05, 0) is 56.3 Å². The molecule has 4 aromatic carbocycles. The fourth-order valence-electron chi connectivity index (χ4n) is 3.64. The maximum Gasteiger partial charge on any atom is -0.00132 e. The van der Waals surface area contributed by atoms with Crippen molar-refractivity contribution < 1.29 is 0 Å². The molecule has 1 aliphatic rings. The zero-order chi connectivity index (χ0) is 13.8. The Kier molecular flexibility index (Phi) is 2.09. The molecule has 0 amide bonds. The Balaban J connectivity index is 1.92. The molecular formula is C21H14. The molecule has 0 spiro atoms. The van der Waals surface area contributed by atoms with Crippen LogP contribution in [0.2, 0.25) is 0 Å². The average Bonchev–Trinajstić information content (AvgIpc) is 2.90. The molecule has 1 aliphatic carbocycles. The third kappa shape index (κ3) is 1.50. The molecule has 0 N–H and O–H groups in total. The number of hydrogen-bond donors (Lipinski definition) is 0. The summed E-state index contributed by atoms with van der Waals surface area (Å²) in [6.07, 6.45) is 1.06. The molecule has 0 heterocycles. The van der Waals surface area contributed by atoms with Crippen molar-refractivity contribution in [3.8, 4) is 11.1 Å². The van der Waals surface area contributed by atoms with Crippen LogP contribution in [-0.2, 0) is 6.42 Å². The van der Waals surface area contributed by atoms with E-state index in [0.29, 0.717) is 0 Å². The predicted octanol–water partition coefficient (Wildman–Crippen LogP) is 5.56. The third-order valence-electron chi connectivity index (χ3n) is 4.66. The summed E-state index contributed by atoms with van der Waals surface area (Å²) in [5.41, 5.74) is 5.72. The van der Waals surface area contributed by atoms with E-state index in [9.17, 15) is 0 Å². The molecular weight excluding hydrogens is 252 g/mol. The zero-order valence-corrected chi connectivity index (χ0v) is 11.6. The molecule has 5 rings (SSSR count). The van der Waals surface area contributed by atoms with Crippen molar-refractivity contribution in [3.05, 3.63) is 83.9 Å². The molecule has 0 saturated carbocycles. The van der Waals surface area contributed by atoms with Gasteiger partial charge in [0.2, 0.25) is 0 Å². The molecule has 0 heteroatoms. The first-order valence-corrected chi connectivity index (χ1v) is 7.43. The summed E-state index contributed by atoms with van der Waals surface area (Å²) in [4.78, 5) is 0. The van der Waals surface area contributed by atoms with Crippen LogP contribution in [0.15, 0.2) is 72.8 Å². The lowest BCUT2D eigenvalue weighted by molar-refractivity contribution is 1.27. The van der Waals surface area contributed by atoms with Crippen LogP contribution in [-0.4, -0.2) is 0 Å². The van der Waals surface area contributed by atoms with Crippen molar-refractivity contribution in [2.75, 3.05) is 0 Å². The van der Waals surface area contributed by atoms with Gasteiger partial charge < -0.3 is 0 Å². The third-order valence-corrected chi connectivity index (χ3v) is 4.66. The van der Waals surface area contributed by atoms with Crippen LogP contribution in [0, 0.1) is 0 Å². The van der Waals surface area contributed by atoms with Crippen LogP contribution in [0.25, 0.3) is 32.7 Å². The van der Waals surface area contributed by atoms with E-state index >= 15 is 0 Å². The van der Waals surface area contributed by atoms with E-state index in [-0.39, 0.29) is 0 Å². The molecule has 0 unspecified atom stereocenters. The number of rotatable bonds is 0. The van der Waals surface area contributed by atoms with Crippen molar-refractivity contribution in [2.45, 2.75) is 6.42 Å². The molecule has 0 aromatic heterocycles. The zero-order valence-electron chi connectivity index (χ0n) is 11.6. The van der Waals surface area contributed by atoms with Gasteiger partial charge in [-0.1, -0.05) is 66.7 Å². The molecule has 0 fully saturated rings. The van der Waals surface area contributed by atoms with E-state index in [0.717, 1.165) is 6.42 Å². The van der Waals surface area contributed by atoms with Crippen LogP contribution in [0.5, 0.6) is 0 Å². The Morgan fingerprint density at radius 3 is 2.33 bits per heavy atom. The Hall–Kier alpha value is -2.60. The Morgan fingerprint density at radius 2 is 1.33 bits per heavy atom. The molecule has 0 atom stereocenters. The highest BCUT2D eigenvalue weighted by Gasteiger charge is 2.18. The highest BCUT2D eigenvalue weighted by molar-refractivity contribution is 6.09. The maximum atomic E-state index is 2.39. The van der Waals surface area contributed by atoms with E-state index in [4.69, 9.17) is 0 Å². The predicted molar refractivity (Wildman–Crippen MR) is 89.7 cm³/mol. The molecule has 21 heavy (non-hydrogen) atoms. The second kappa shape index (κ2) is 3.95. The first-order valence-electron chi connectivity index (χ1n) is 7.43. The molecule has 98 valence electrons. The average molecular weight is 266 g/mol. The fourth-order valence-corrected chi connectivity index (χ4v) is 3.64.